The number of hydrogen-bond donors (Lipinski definition) is 1. The molecule has 1 saturated heterocycles. The summed E-state index contributed by atoms with van der Waals surface area (Å²) in [7, 11) is 1.96. The van der Waals surface area contributed by atoms with Crippen LogP contribution in [0.4, 0.5) is 4.79 Å². The number of nitrogens with zero attached hydrogens (tertiary/aromatic N) is 3. The van der Waals surface area contributed by atoms with E-state index in [2.05, 4.69) is 24.3 Å². The Kier molecular flexibility index (Phi) is 5.26. The molecule has 1 atom stereocenters. The second-order valence-electron chi connectivity index (χ2n) is 6.12. The fraction of sp³-hybridized carbons (Fsp3) is 0.750. The van der Waals surface area contributed by atoms with Crippen LogP contribution in [0.1, 0.15) is 43.1 Å². The number of amides is 2. The van der Waals surface area contributed by atoms with Crippen LogP contribution in [-0.4, -0.2) is 40.3 Å². The minimum Gasteiger partial charge on any atom is -0.338 e. The molecule has 0 aliphatic carbocycles. The van der Waals surface area contributed by atoms with Crippen molar-refractivity contribution in [1.29, 1.82) is 0 Å². The lowest BCUT2D eigenvalue weighted by atomic mass is 9.96. The smallest absolute Gasteiger partial charge is 0.317 e. The second-order valence-corrected chi connectivity index (χ2v) is 6.12. The molecule has 0 radical (unpaired) electrons. The molecule has 21 heavy (non-hydrogen) atoms. The fourth-order valence-corrected chi connectivity index (χ4v) is 3.17. The molecule has 1 aromatic heterocycles. The molecule has 2 amide bonds. The lowest BCUT2D eigenvalue weighted by Crippen LogP contribution is -2.45. The van der Waals surface area contributed by atoms with Crippen molar-refractivity contribution in [2.75, 3.05) is 19.6 Å². The van der Waals surface area contributed by atoms with E-state index in [1.54, 1.807) is 0 Å². The molecule has 0 bridgehead atoms. The highest BCUT2D eigenvalue weighted by atomic mass is 16.2. The highest BCUT2D eigenvalue weighted by molar-refractivity contribution is 5.74. The monoisotopic (exact) mass is 292 g/mol. The van der Waals surface area contributed by atoms with Gasteiger partial charge in [0.05, 0.1) is 5.69 Å². The van der Waals surface area contributed by atoms with Crippen LogP contribution in [0.2, 0.25) is 0 Å². The average Bonchev–Trinajstić information content (AvgIpc) is 2.73. The predicted molar refractivity (Wildman–Crippen MR) is 84.4 cm³/mol. The van der Waals surface area contributed by atoms with Crippen LogP contribution in [0.5, 0.6) is 0 Å². The molecule has 0 aromatic carbocycles. The van der Waals surface area contributed by atoms with Crippen molar-refractivity contribution < 1.29 is 4.79 Å². The van der Waals surface area contributed by atoms with Gasteiger partial charge in [0.15, 0.2) is 0 Å². The van der Waals surface area contributed by atoms with Crippen molar-refractivity contribution in [3.05, 3.63) is 17.0 Å². The molecule has 1 aliphatic heterocycles. The van der Waals surface area contributed by atoms with Gasteiger partial charge in [-0.1, -0.05) is 13.3 Å². The quantitative estimate of drug-likeness (QED) is 0.926. The minimum atomic E-state index is 0.0901. The summed E-state index contributed by atoms with van der Waals surface area (Å²) in [5, 5.41) is 7.47. The summed E-state index contributed by atoms with van der Waals surface area (Å²) in [6, 6.07) is 0.0901. The van der Waals surface area contributed by atoms with E-state index in [0.717, 1.165) is 38.0 Å². The van der Waals surface area contributed by atoms with Gasteiger partial charge in [-0.2, -0.15) is 5.10 Å². The van der Waals surface area contributed by atoms with E-state index in [1.165, 1.54) is 17.7 Å². The summed E-state index contributed by atoms with van der Waals surface area (Å²) >= 11 is 0. The highest BCUT2D eigenvalue weighted by Crippen LogP contribution is 2.19. The highest BCUT2D eigenvalue weighted by Gasteiger charge is 2.22. The molecular formula is C16H28N4O. The Balaban J connectivity index is 1.81. The third kappa shape index (κ3) is 3.77. The first-order valence-electron chi connectivity index (χ1n) is 8.04. The first kappa shape index (κ1) is 15.9. The lowest BCUT2D eigenvalue weighted by Gasteiger charge is -2.32. The summed E-state index contributed by atoms with van der Waals surface area (Å²) in [4.78, 5) is 14.2. The zero-order valence-corrected chi connectivity index (χ0v) is 13.8. The molecule has 5 nitrogen and oxygen atoms in total. The molecule has 118 valence electrons. The fourth-order valence-electron chi connectivity index (χ4n) is 3.17. The SMILES string of the molecule is CCC1CCCN(C(=O)NCCc2c(C)nn(C)c2C)C1. The van der Waals surface area contributed by atoms with Crippen LogP contribution in [0.25, 0.3) is 0 Å². The van der Waals surface area contributed by atoms with Gasteiger partial charge in [-0.3, -0.25) is 4.68 Å². The van der Waals surface area contributed by atoms with Gasteiger partial charge in [0.25, 0.3) is 0 Å². The molecule has 1 unspecified atom stereocenters. The van der Waals surface area contributed by atoms with Crippen LogP contribution in [0.15, 0.2) is 0 Å². The van der Waals surface area contributed by atoms with Crippen molar-refractivity contribution in [2.24, 2.45) is 13.0 Å². The lowest BCUT2D eigenvalue weighted by molar-refractivity contribution is 0.164. The summed E-state index contributed by atoms with van der Waals surface area (Å²) in [6.45, 7) is 8.80. The zero-order valence-electron chi connectivity index (χ0n) is 13.8. The van der Waals surface area contributed by atoms with Gasteiger partial charge in [0.1, 0.15) is 0 Å². The maximum Gasteiger partial charge on any atom is 0.317 e. The maximum absolute atomic E-state index is 12.2. The second kappa shape index (κ2) is 6.96. The van der Waals surface area contributed by atoms with Gasteiger partial charge in [-0.15, -0.1) is 0 Å². The van der Waals surface area contributed by atoms with E-state index in [9.17, 15) is 4.79 Å². The topological polar surface area (TPSA) is 50.2 Å². The molecule has 1 aromatic rings. The van der Waals surface area contributed by atoms with Gasteiger partial charge in [-0.25, -0.2) is 4.79 Å². The molecule has 2 rings (SSSR count). The van der Waals surface area contributed by atoms with Gasteiger partial charge in [-0.05, 0) is 44.6 Å². The molecular weight excluding hydrogens is 264 g/mol. The van der Waals surface area contributed by atoms with E-state index >= 15 is 0 Å². The Labute approximate surface area is 127 Å². The summed E-state index contributed by atoms with van der Waals surface area (Å²) in [6.07, 6.45) is 4.40. The van der Waals surface area contributed by atoms with Crippen molar-refractivity contribution in [2.45, 2.75) is 46.5 Å². The number of carbonyl (C=O) groups excluding carboxylic acids is 1. The number of carbonyl (C=O) groups is 1. The Hall–Kier alpha value is -1.52. The Bertz CT molecular complexity index is 495. The minimum absolute atomic E-state index is 0.0901. The molecule has 0 saturated carbocycles. The number of urea groups is 1. The van der Waals surface area contributed by atoms with E-state index < -0.39 is 0 Å². The number of hydrogen-bond acceptors (Lipinski definition) is 2. The average molecular weight is 292 g/mol. The molecule has 1 fully saturated rings. The molecule has 1 aliphatic rings. The normalized spacial score (nSPS) is 18.9. The molecule has 0 spiro atoms. The largest absolute Gasteiger partial charge is 0.338 e. The van der Waals surface area contributed by atoms with Crippen molar-refractivity contribution >= 4 is 6.03 Å². The number of aromatic nitrogens is 2. The Morgan fingerprint density at radius 3 is 2.81 bits per heavy atom. The predicted octanol–water partition coefficient (Wildman–Crippen LogP) is 2.41. The van der Waals surface area contributed by atoms with Crippen LogP contribution in [0.3, 0.4) is 0 Å². The van der Waals surface area contributed by atoms with Crippen LogP contribution >= 0.6 is 0 Å². The zero-order chi connectivity index (χ0) is 15.4. The summed E-state index contributed by atoms with van der Waals surface area (Å²) in [5.74, 6) is 0.673. The van der Waals surface area contributed by atoms with Gasteiger partial charge < -0.3 is 10.2 Å². The molecule has 2 heterocycles. The first-order chi connectivity index (χ1) is 10.0. The van der Waals surface area contributed by atoms with Crippen molar-refractivity contribution in [3.8, 4) is 0 Å². The summed E-state index contributed by atoms with van der Waals surface area (Å²) in [5.41, 5.74) is 3.50. The Morgan fingerprint density at radius 2 is 2.19 bits per heavy atom. The molecule has 5 heteroatoms. The first-order valence-corrected chi connectivity index (χ1v) is 8.04. The number of likely N-dealkylation sites (tertiary alicyclic amines) is 1. The third-order valence-electron chi connectivity index (χ3n) is 4.69. The number of piperidine rings is 1. The third-order valence-corrected chi connectivity index (χ3v) is 4.69. The van der Waals surface area contributed by atoms with Crippen LogP contribution in [-0.2, 0) is 13.5 Å². The number of rotatable bonds is 4. The standard InChI is InChI=1S/C16H28N4O/c1-5-14-7-6-10-20(11-14)16(21)17-9-8-15-12(2)18-19(4)13(15)3/h14H,5-11H2,1-4H3,(H,17,21). The maximum atomic E-state index is 12.2. The molecule has 1 N–H and O–H groups in total. The van der Waals surface area contributed by atoms with E-state index in [0.29, 0.717) is 12.5 Å². The number of aryl methyl sites for hydroxylation is 2. The van der Waals surface area contributed by atoms with Gasteiger partial charge in [0, 0.05) is 32.4 Å². The van der Waals surface area contributed by atoms with Crippen molar-refractivity contribution in [3.63, 3.8) is 0 Å². The van der Waals surface area contributed by atoms with Crippen LogP contribution in [0, 0.1) is 19.8 Å². The number of nitrogens with one attached hydrogen (secondary N) is 1. The van der Waals surface area contributed by atoms with E-state index in [1.807, 2.05) is 23.6 Å². The van der Waals surface area contributed by atoms with Crippen molar-refractivity contribution in [1.82, 2.24) is 20.0 Å². The van der Waals surface area contributed by atoms with Gasteiger partial charge in [0.2, 0.25) is 0 Å². The van der Waals surface area contributed by atoms with Crippen LogP contribution < -0.4 is 5.32 Å². The van der Waals surface area contributed by atoms with E-state index in [-0.39, 0.29) is 6.03 Å². The van der Waals surface area contributed by atoms with Gasteiger partial charge >= 0.3 is 6.03 Å². The summed E-state index contributed by atoms with van der Waals surface area (Å²) < 4.78 is 1.91. The Morgan fingerprint density at radius 1 is 1.43 bits per heavy atom. The van der Waals surface area contributed by atoms with E-state index in [4.69, 9.17) is 0 Å².